The van der Waals surface area contributed by atoms with E-state index in [2.05, 4.69) is 20.9 Å². The van der Waals surface area contributed by atoms with Gasteiger partial charge in [0.15, 0.2) is 5.88 Å². The van der Waals surface area contributed by atoms with Crippen LogP contribution in [0.15, 0.2) is 53.1 Å². The van der Waals surface area contributed by atoms with Crippen LogP contribution in [-0.2, 0) is 0 Å². The van der Waals surface area contributed by atoms with Crippen LogP contribution in [0.5, 0.6) is 5.88 Å². The van der Waals surface area contributed by atoms with Crippen LogP contribution in [0.2, 0.25) is 0 Å². The van der Waals surface area contributed by atoms with Crippen molar-refractivity contribution in [2.24, 2.45) is 0 Å². The molecule has 0 saturated heterocycles. The molecule has 0 amide bonds. The van der Waals surface area contributed by atoms with Crippen molar-refractivity contribution in [3.8, 4) is 17.1 Å². The molecule has 4 heteroatoms. The fraction of sp³-hybridized carbons (Fsp3) is 0.0714. The molecule has 0 aliphatic heterocycles. The van der Waals surface area contributed by atoms with Gasteiger partial charge in [-0.1, -0.05) is 34.1 Å². The summed E-state index contributed by atoms with van der Waals surface area (Å²) in [5, 5.41) is 0. The zero-order valence-electron chi connectivity index (χ0n) is 9.80. The highest BCUT2D eigenvalue weighted by atomic mass is 79.9. The first-order chi connectivity index (χ1) is 8.78. The van der Waals surface area contributed by atoms with E-state index < -0.39 is 0 Å². The van der Waals surface area contributed by atoms with E-state index in [-0.39, 0.29) is 0 Å². The van der Waals surface area contributed by atoms with Gasteiger partial charge < -0.3 is 4.74 Å². The Morgan fingerprint density at radius 1 is 1.11 bits per heavy atom. The molecular formula is C14H11BrN2O. The van der Waals surface area contributed by atoms with Gasteiger partial charge in [0.25, 0.3) is 0 Å². The number of hydrogen-bond donors (Lipinski definition) is 0. The van der Waals surface area contributed by atoms with Gasteiger partial charge in [0, 0.05) is 16.2 Å². The molecule has 0 saturated carbocycles. The number of imidazole rings is 1. The van der Waals surface area contributed by atoms with Crippen LogP contribution in [0.25, 0.3) is 16.9 Å². The standard InChI is InChI=1S/C14H11BrN2O/c1-18-14-4-2-3-13-16-12(9-17(13)14)10-5-7-11(15)8-6-10/h2-9H,1H3. The minimum atomic E-state index is 0.781. The maximum atomic E-state index is 5.31. The van der Waals surface area contributed by atoms with Gasteiger partial charge >= 0.3 is 0 Å². The van der Waals surface area contributed by atoms with Gasteiger partial charge in [-0.2, -0.15) is 0 Å². The van der Waals surface area contributed by atoms with E-state index in [0.29, 0.717) is 0 Å². The second-order valence-electron chi connectivity index (χ2n) is 3.93. The van der Waals surface area contributed by atoms with E-state index >= 15 is 0 Å². The van der Waals surface area contributed by atoms with Gasteiger partial charge in [-0.3, -0.25) is 4.40 Å². The third-order valence-corrected chi connectivity index (χ3v) is 3.33. The number of fused-ring (bicyclic) bond motifs is 1. The molecule has 3 aromatic rings. The minimum absolute atomic E-state index is 0.781. The Morgan fingerprint density at radius 3 is 2.61 bits per heavy atom. The van der Waals surface area contributed by atoms with Crippen molar-refractivity contribution < 1.29 is 4.74 Å². The predicted molar refractivity (Wildman–Crippen MR) is 74.9 cm³/mol. The van der Waals surface area contributed by atoms with Crippen LogP contribution in [0.1, 0.15) is 0 Å². The lowest BCUT2D eigenvalue weighted by Crippen LogP contribution is -1.91. The van der Waals surface area contributed by atoms with Crippen LogP contribution in [0, 0.1) is 0 Å². The number of pyridine rings is 1. The Hall–Kier alpha value is -1.81. The van der Waals surface area contributed by atoms with E-state index in [1.807, 2.05) is 53.1 Å². The zero-order valence-corrected chi connectivity index (χ0v) is 11.4. The Bertz CT molecular complexity index is 689. The molecule has 2 heterocycles. The first-order valence-corrected chi connectivity index (χ1v) is 6.35. The topological polar surface area (TPSA) is 26.5 Å². The van der Waals surface area contributed by atoms with Crippen molar-refractivity contribution in [3.05, 3.63) is 53.1 Å². The fourth-order valence-corrected chi connectivity index (χ4v) is 2.18. The lowest BCUT2D eigenvalue weighted by molar-refractivity contribution is 0.392. The van der Waals surface area contributed by atoms with E-state index in [0.717, 1.165) is 27.3 Å². The first kappa shape index (κ1) is 11.3. The molecule has 0 radical (unpaired) electrons. The molecule has 3 rings (SSSR count). The number of benzene rings is 1. The molecule has 2 aromatic heterocycles. The maximum absolute atomic E-state index is 5.31. The van der Waals surface area contributed by atoms with E-state index in [1.165, 1.54) is 0 Å². The number of halogens is 1. The van der Waals surface area contributed by atoms with Crippen molar-refractivity contribution in [3.63, 3.8) is 0 Å². The Kier molecular flexibility index (Phi) is 2.80. The molecule has 3 nitrogen and oxygen atoms in total. The quantitative estimate of drug-likeness (QED) is 0.720. The average molecular weight is 303 g/mol. The Labute approximate surface area is 113 Å². The van der Waals surface area contributed by atoms with Crippen LogP contribution in [0.4, 0.5) is 0 Å². The predicted octanol–water partition coefficient (Wildman–Crippen LogP) is 3.77. The summed E-state index contributed by atoms with van der Waals surface area (Å²) >= 11 is 3.43. The number of ether oxygens (including phenoxy) is 1. The highest BCUT2D eigenvalue weighted by molar-refractivity contribution is 9.10. The first-order valence-electron chi connectivity index (χ1n) is 5.56. The average Bonchev–Trinajstić information content (AvgIpc) is 2.83. The van der Waals surface area contributed by atoms with Crippen molar-refractivity contribution in [1.29, 1.82) is 0 Å². The molecule has 0 fully saturated rings. The molecule has 90 valence electrons. The summed E-state index contributed by atoms with van der Waals surface area (Å²) in [6, 6.07) is 13.9. The lowest BCUT2D eigenvalue weighted by Gasteiger charge is -2.01. The van der Waals surface area contributed by atoms with Gasteiger partial charge in [-0.05, 0) is 24.3 Å². The van der Waals surface area contributed by atoms with Gasteiger partial charge in [0.1, 0.15) is 5.65 Å². The number of nitrogens with zero attached hydrogens (tertiary/aromatic N) is 2. The zero-order chi connectivity index (χ0) is 12.5. The van der Waals surface area contributed by atoms with Crippen molar-refractivity contribution in [2.75, 3.05) is 7.11 Å². The molecule has 0 atom stereocenters. The number of hydrogen-bond acceptors (Lipinski definition) is 2. The maximum Gasteiger partial charge on any atom is 0.198 e. The molecule has 0 aliphatic carbocycles. The SMILES string of the molecule is COc1cccc2nc(-c3ccc(Br)cc3)cn12. The third-order valence-electron chi connectivity index (χ3n) is 2.80. The Balaban J connectivity index is 2.16. The van der Waals surface area contributed by atoms with Crippen LogP contribution in [-0.4, -0.2) is 16.5 Å². The largest absolute Gasteiger partial charge is 0.482 e. The molecule has 1 aromatic carbocycles. The number of methoxy groups -OCH3 is 1. The molecule has 0 unspecified atom stereocenters. The molecule has 0 bridgehead atoms. The summed E-state index contributed by atoms with van der Waals surface area (Å²) in [4.78, 5) is 4.59. The van der Waals surface area contributed by atoms with E-state index in [9.17, 15) is 0 Å². The number of aromatic nitrogens is 2. The van der Waals surface area contributed by atoms with Crippen LogP contribution in [0.3, 0.4) is 0 Å². The highest BCUT2D eigenvalue weighted by Gasteiger charge is 2.06. The molecular weight excluding hydrogens is 292 g/mol. The fourth-order valence-electron chi connectivity index (χ4n) is 1.91. The number of rotatable bonds is 2. The summed E-state index contributed by atoms with van der Waals surface area (Å²) in [5.74, 6) is 0.781. The second kappa shape index (κ2) is 4.46. The normalized spacial score (nSPS) is 10.8. The van der Waals surface area contributed by atoms with Gasteiger partial charge in [0.05, 0.1) is 12.8 Å². The smallest absolute Gasteiger partial charge is 0.198 e. The monoisotopic (exact) mass is 302 g/mol. The summed E-state index contributed by atoms with van der Waals surface area (Å²) < 4.78 is 8.32. The molecule has 0 N–H and O–H groups in total. The second-order valence-corrected chi connectivity index (χ2v) is 4.85. The van der Waals surface area contributed by atoms with Gasteiger partial charge in [-0.15, -0.1) is 0 Å². The van der Waals surface area contributed by atoms with Crippen molar-refractivity contribution in [1.82, 2.24) is 9.38 Å². The summed E-state index contributed by atoms with van der Waals surface area (Å²) in [6.07, 6.45) is 1.98. The highest BCUT2D eigenvalue weighted by Crippen LogP contribution is 2.23. The van der Waals surface area contributed by atoms with E-state index in [1.54, 1.807) is 7.11 Å². The minimum Gasteiger partial charge on any atom is -0.482 e. The summed E-state index contributed by atoms with van der Waals surface area (Å²) in [7, 11) is 1.66. The molecule has 0 spiro atoms. The lowest BCUT2D eigenvalue weighted by atomic mass is 10.2. The molecule has 0 aliphatic rings. The summed E-state index contributed by atoms with van der Waals surface area (Å²) in [5.41, 5.74) is 2.91. The summed E-state index contributed by atoms with van der Waals surface area (Å²) in [6.45, 7) is 0. The van der Waals surface area contributed by atoms with Crippen LogP contribution >= 0.6 is 15.9 Å². The van der Waals surface area contributed by atoms with Crippen molar-refractivity contribution >= 4 is 21.6 Å². The van der Waals surface area contributed by atoms with Crippen LogP contribution < -0.4 is 4.74 Å². The van der Waals surface area contributed by atoms with E-state index in [4.69, 9.17) is 4.74 Å². The van der Waals surface area contributed by atoms with Gasteiger partial charge in [0.2, 0.25) is 0 Å². The third kappa shape index (κ3) is 1.88. The van der Waals surface area contributed by atoms with Gasteiger partial charge in [-0.25, -0.2) is 4.98 Å². The van der Waals surface area contributed by atoms with Crippen molar-refractivity contribution in [2.45, 2.75) is 0 Å². The Morgan fingerprint density at radius 2 is 1.89 bits per heavy atom. The molecule has 18 heavy (non-hydrogen) atoms.